The van der Waals surface area contributed by atoms with E-state index in [1.165, 1.54) is 12.1 Å². The summed E-state index contributed by atoms with van der Waals surface area (Å²) < 4.78 is 19.4. The molecule has 4 rings (SSSR count). The summed E-state index contributed by atoms with van der Waals surface area (Å²) in [5, 5.41) is 0.498. The fourth-order valence-electron chi connectivity index (χ4n) is 3.98. The van der Waals surface area contributed by atoms with Crippen LogP contribution in [0, 0.1) is 19.7 Å². The smallest absolute Gasteiger partial charge is 0.290 e. The van der Waals surface area contributed by atoms with Gasteiger partial charge in [0.25, 0.3) is 5.91 Å². The van der Waals surface area contributed by atoms with Crippen molar-refractivity contribution in [1.82, 2.24) is 4.90 Å². The van der Waals surface area contributed by atoms with Gasteiger partial charge in [-0.25, -0.2) is 4.39 Å². The molecular weight excluding hydrogens is 345 g/mol. The van der Waals surface area contributed by atoms with Crippen molar-refractivity contribution >= 4 is 16.9 Å². The second kappa shape index (κ2) is 6.34. The number of aryl methyl sites for hydroxylation is 2. The molecular formula is C22H20FNO3. The van der Waals surface area contributed by atoms with Crippen LogP contribution in [0.5, 0.6) is 0 Å². The van der Waals surface area contributed by atoms with E-state index in [2.05, 4.69) is 0 Å². The van der Waals surface area contributed by atoms with Crippen LogP contribution in [-0.2, 0) is 0 Å². The Labute approximate surface area is 156 Å². The molecule has 0 spiro atoms. The summed E-state index contributed by atoms with van der Waals surface area (Å²) in [7, 11) is 0. The SMILES string of the molecule is CCCN1C(=O)c2oc3cc(C)cc(C)c3c(=O)c2[C@H]1c1ccc(F)cc1. The van der Waals surface area contributed by atoms with Crippen LogP contribution in [0.1, 0.15) is 52.2 Å². The number of hydrogen-bond donors (Lipinski definition) is 0. The molecule has 1 aliphatic rings. The highest BCUT2D eigenvalue weighted by Crippen LogP contribution is 2.38. The van der Waals surface area contributed by atoms with Crippen molar-refractivity contribution < 1.29 is 13.6 Å². The van der Waals surface area contributed by atoms with Crippen molar-refractivity contribution in [3.8, 4) is 0 Å². The van der Waals surface area contributed by atoms with Crippen molar-refractivity contribution in [2.45, 2.75) is 33.2 Å². The quantitative estimate of drug-likeness (QED) is 0.686. The Bertz CT molecular complexity index is 1120. The molecule has 0 bridgehead atoms. The third-order valence-corrected chi connectivity index (χ3v) is 5.06. The van der Waals surface area contributed by atoms with Crippen LogP contribution in [0.15, 0.2) is 45.6 Å². The Kier molecular flexibility index (Phi) is 4.10. The number of carbonyl (C=O) groups is 1. The molecule has 5 heteroatoms. The average molecular weight is 365 g/mol. The molecule has 1 atom stereocenters. The van der Waals surface area contributed by atoms with Gasteiger partial charge in [-0.3, -0.25) is 9.59 Å². The van der Waals surface area contributed by atoms with E-state index in [1.54, 1.807) is 23.1 Å². The topological polar surface area (TPSA) is 50.5 Å². The fourth-order valence-corrected chi connectivity index (χ4v) is 3.98. The lowest BCUT2D eigenvalue weighted by Crippen LogP contribution is -2.30. The number of halogens is 1. The minimum atomic E-state index is -0.561. The van der Waals surface area contributed by atoms with Gasteiger partial charge in [-0.1, -0.05) is 25.1 Å². The summed E-state index contributed by atoms with van der Waals surface area (Å²) in [6, 6.07) is 9.09. The van der Waals surface area contributed by atoms with Gasteiger partial charge >= 0.3 is 0 Å². The van der Waals surface area contributed by atoms with Crippen molar-refractivity contribution in [1.29, 1.82) is 0 Å². The molecule has 0 fully saturated rings. The molecule has 0 saturated carbocycles. The van der Waals surface area contributed by atoms with Gasteiger partial charge in [0, 0.05) is 6.54 Å². The van der Waals surface area contributed by atoms with Gasteiger partial charge in [0.1, 0.15) is 11.4 Å². The van der Waals surface area contributed by atoms with Gasteiger partial charge in [-0.05, 0) is 55.2 Å². The summed E-state index contributed by atoms with van der Waals surface area (Å²) in [6.45, 7) is 6.24. The molecule has 0 saturated heterocycles. The van der Waals surface area contributed by atoms with E-state index in [0.29, 0.717) is 28.6 Å². The second-order valence-corrected chi connectivity index (χ2v) is 7.08. The zero-order valence-corrected chi connectivity index (χ0v) is 15.5. The van der Waals surface area contributed by atoms with Crippen molar-refractivity contribution in [2.75, 3.05) is 6.54 Å². The second-order valence-electron chi connectivity index (χ2n) is 7.08. The minimum absolute atomic E-state index is 0.0975. The summed E-state index contributed by atoms with van der Waals surface area (Å²) >= 11 is 0. The van der Waals surface area contributed by atoms with Gasteiger partial charge in [-0.2, -0.15) is 0 Å². The first kappa shape index (κ1) is 17.5. The van der Waals surface area contributed by atoms with Gasteiger partial charge in [-0.15, -0.1) is 0 Å². The summed E-state index contributed by atoms with van der Waals surface area (Å²) in [5.74, 6) is -0.554. The van der Waals surface area contributed by atoms with Crippen molar-refractivity contribution in [3.63, 3.8) is 0 Å². The zero-order valence-electron chi connectivity index (χ0n) is 15.5. The molecule has 0 radical (unpaired) electrons. The first-order chi connectivity index (χ1) is 12.9. The predicted molar refractivity (Wildman–Crippen MR) is 102 cm³/mol. The maximum Gasteiger partial charge on any atom is 0.290 e. The molecule has 1 aliphatic heterocycles. The van der Waals surface area contributed by atoms with E-state index >= 15 is 0 Å². The molecule has 0 unspecified atom stereocenters. The van der Waals surface area contributed by atoms with Gasteiger partial charge in [0.05, 0.1) is 17.0 Å². The van der Waals surface area contributed by atoms with Gasteiger partial charge in [0.2, 0.25) is 5.76 Å². The molecule has 2 aromatic carbocycles. The van der Waals surface area contributed by atoms with Gasteiger partial charge < -0.3 is 9.32 Å². The van der Waals surface area contributed by atoms with Crippen LogP contribution in [0.4, 0.5) is 4.39 Å². The lowest BCUT2D eigenvalue weighted by molar-refractivity contribution is 0.0728. The molecule has 0 aliphatic carbocycles. The lowest BCUT2D eigenvalue weighted by Gasteiger charge is -2.24. The first-order valence-corrected chi connectivity index (χ1v) is 9.06. The highest BCUT2D eigenvalue weighted by molar-refractivity contribution is 5.99. The predicted octanol–water partition coefficient (Wildman–Crippen LogP) is 4.50. The number of fused-ring (bicyclic) bond motifs is 2. The number of benzene rings is 2. The third kappa shape index (κ3) is 2.65. The number of carbonyl (C=O) groups excluding carboxylic acids is 1. The Morgan fingerprint density at radius 2 is 1.81 bits per heavy atom. The number of rotatable bonds is 3. The van der Waals surface area contributed by atoms with Crippen molar-refractivity contribution in [2.24, 2.45) is 0 Å². The average Bonchev–Trinajstić information content (AvgIpc) is 2.88. The van der Waals surface area contributed by atoms with Crippen LogP contribution in [0.3, 0.4) is 0 Å². The first-order valence-electron chi connectivity index (χ1n) is 9.06. The van der Waals surface area contributed by atoms with E-state index in [1.807, 2.05) is 26.8 Å². The normalized spacial score (nSPS) is 16.2. The van der Waals surface area contributed by atoms with Crippen molar-refractivity contribution in [3.05, 3.63) is 80.5 Å². The van der Waals surface area contributed by atoms with Crippen LogP contribution >= 0.6 is 0 Å². The van der Waals surface area contributed by atoms with E-state index < -0.39 is 6.04 Å². The zero-order chi connectivity index (χ0) is 19.3. The molecule has 0 N–H and O–H groups in total. The molecule has 138 valence electrons. The third-order valence-electron chi connectivity index (χ3n) is 5.06. The summed E-state index contributed by atoms with van der Waals surface area (Å²) in [4.78, 5) is 28.1. The summed E-state index contributed by atoms with van der Waals surface area (Å²) in [5.41, 5.74) is 3.08. The van der Waals surface area contributed by atoms with Crippen LogP contribution in [0.25, 0.3) is 11.0 Å². The molecule has 1 aromatic heterocycles. The highest BCUT2D eigenvalue weighted by Gasteiger charge is 2.42. The number of amides is 1. The number of nitrogens with zero attached hydrogens (tertiary/aromatic N) is 1. The summed E-state index contributed by atoms with van der Waals surface area (Å²) in [6.07, 6.45) is 0.739. The molecule has 2 heterocycles. The molecule has 4 nitrogen and oxygen atoms in total. The highest BCUT2D eigenvalue weighted by atomic mass is 19.1. The molecule has 3 aromatic rings. The standard InChI is InChI=1S/C22H20FNO3/c1-4-9-24-19(14-5-7-15(23)8-6-14)18-20(25)17-13(3)10-12(2)11-16(17)27-21(18)22(24)26/h5-8,10-11,19H,4,9H2,1-3H3/t19-/m1/s1. The minimum Gasteiger partial charge on any atom is -0.450 e. The van der Waals surface area contributed by atoms with Crippen LogP contribution < -0.4 is 5.43 Å². The van der Waals surface area contributed by atoms with E-state index in [4.69, 9.17) is 4.42 Å². The van der Waals surface area contributed by atoms with Crippen LogP contribution in [0.2, 0.25) is 0 Å². The Morgan fingerprint density at radius 3 is 2.48 bits per heavy atom. The monoisotopic (exact) mass is 365 g/mol. The maximum absolute atomic E-state index is 13.4. The Hall–Kier alpha value is -2.95. The maximum atomic E-state index is 13.4. The van der Waals surface area contributed by atoms with E-state index in [-0.39, 0.29) is 22.9 Å². The fraction of sp³-hybridized carbons (Fsp3) is 0.273. The largest absolute Gasteiger partial charge is 0.450 e. The van der Waals surface area contributed by atoms with E-state index in [0.717, 1.165) is 17.5 Å². The van der Waals surface area contributed by atoms with Gasteiger partial charge in [0.15, 0.2) is 5.43 Å². The molecule has 27 heavy (non-hydrogen) atoms. The van der Waals surface area contributed by atoms with E-state index in [9.17, 15) is 14.0 Å². The van der Waals surface area contributed by atoms with Crippen LogP contribution in [-0.4, -0.2) is 17.4 Å². The lowest BCUT2D eigenvalue weighted by atomic mass is 9.97. The Balaban J connectivity index is 2.04. The number of hydrogen-bond acceptors (Lipinski definition) is 3. The molecule has 1 amide bonds. The Morgan fingerprint density at radius 1 is 1.11 bits per heavy atom.